The molecule has 0 saturated heterocycles. The van der Waals surface area contributed by atoms with Crippen LogP contribution in [0.25, 0.3) is 0 Å². The van der Waals surface area contributed by atoms with Gasteiger partial charge in [-0.05, 0) is 12.8 Å². The van der Waals surface area contributed by atoms with Crippen molar-refractivity contribution in [1.82, 2.24) is 9.55 Å². The van der Waals surface area contributed by atoms with E-state index in [0.717, 1.165) is 25.7 Å². The Bertz CT molecular complexity index is 221. The van der Waals surface area contributed by atoms with Gasteiger partial charge < -0.3 is 0 Å². The van der Waals surface area contributed by atoms with Crippen LogP contribution < -0.4 is 15.4 Å². The van der Waals surface area contributed by atoms with Crippen LogP contribution in [0.15, 0.2) is 0 Å². The lowest BCUT2D eigenvalue weighted by Crippen LogP contribution is -2.46. The van der Waals surface area contributed by atoms with Gasteiger partial charge in [0.05, 0.1) is 0 Å². The van der Waals surface area contributed by atoms with Gasteiger partial charge in [0.1, 0.15) is 0 Å². The summed E-state index contributed by atoms with van der Waals surface area (Å²) in [4.78, 5) is 1.75. The third-order valence-corrected chi connectivity index (χ3v) is 3.04. The Kier molecular flexibility index (Phi) is 3.45. The number of rotatable bonds is 3. The maximum absolute atomic E-state index is 10.9. The lowest BCUT2D eigenvalue weighted by Gasteiger charge is -2.21. The Balaban J connectivity index is 2.39. The quantitative estimate of drug-likeness (QED) is 0.422. The molecule has 0 aliphatic heterocycles. The van der Waals surface area contributed by atoms with E-state index in [9.17, 15) is 8.42 Å². The Morgan fingerprint density at radius 1 is 1.17 bits per heavy atom. The van der Waals surface area contributed by atoms with Crippen molar-refractivity contribution in [2.24, 2.45) is 5.84 Å². The third kappa shape index (κ3) is 3.06. The zero-order valence-corrected chi connectivity index (χ0v) is 7.73. The minimum Gasteiger partial charge on any atom is -0.257 e. The first-order valence-electron chi connectivity index (χ1n) is 4.14. The molecular formula is C6H15N3O2S. The van der Waals surface area contributed by atoms with Gasteiger partial charge in [0, 0.05) is 6.04 Å². The fourth-order valence-electron chi connectivity index (χ4n) is 1.47. The number of nitrogens with one attached hydrogen (secondary N) is 2. The van der Waals surface area contributed by atoms with Crippen LogP contribution >= 0.6 is 0 Å². The van der Waals surface area contributed by atoms with Crippen LogP contribution in [0.4, 0.5) is 0 Å². The maximum Gasteiger partial charge on any atom is 0.289 e. The normalized spacial score (nSPS) is 21.1. The average Bonchev–Trinajstić information content (AvgIpc) is 2.06. The molecule has 72 valence electrons. The van der Waals surface area contributed by atoms with Crippen LogP contribution in [0, 0.1) is 0 Å². The molecule has 1 aliphatic rings. The van der Waals surface area contributed by atoms with E-state index in [1.54, 1.807) is 4.83 Å². The summed E-state index contributed by atoms with van der Waals surface area (Å²) in [7, 11) is -3.44. The van der Waals surface area contributed by atoms with Crippen molar-refractivity contribution < 1.29 is 8.42 Å². The Morgan fingerprint density at radius 2 is 1.75 bits per heavy atom. The van der Waals surface area contributed by atoms with Crippen molar-refractivity contribution in [3.63, 3.8) is 0 Å². The second kappa shape index (κ2) is 4.18. The van der Waals surface area contributed by atoms with Crippen molar-refractivity contribution >= 4 is 10.2 Å². The molecule has 0 heterocycles. The number of hydrogen-bond acceptors (Lipinski definition) is 3. The smallest absolute Gasteiger partial charge is 0.257 e. The van der Waals surface area contributed by atoms with Crippen LogP contribution in [-0.4, -0.2) is 14.5 Å². The average molecular weight is 193 g/mol. The van der Waals surface area contributed by atoms with E-state index in [0.29, 0.717) is 0 Å². The lowest BCUT2D eigenvalue weighted by molar-refractivity contribution is 0.410. The van der Waals surface area contributed by atoms with Gasteiger partial charge in [0.2, 0.25) is 0 Å². The zero-order chi connectivity index (χ0) is 9.03. The summed E-state index contributed by atoms with van der Waals surface area (Å²) in [5, 5.41) is 0. The predicted molar refractivity (Wildman–Crippen MR) is 46.3 cm³/mol. The van der Waals surface area contributed by atoms with E-state index in [4.69, 9.17) is 5.84 Å². The van der Waals surface area contributed by atoms with Crippen molar-refractivity contribution in [3.8, 4) is 0 Å². The van der Waals surface area contributed by atoms with E-state index in [2.05, 4.69) is 4.72 Å². The highest BCUT2D eigenvalue weighted by atomic mass is 32.2. The monoisotopic (exact) mass is 193 g/mol. The first-order valence-corrected chi connectivity index (χ1v) is 5.62. The summed E-state index contributed by atoms with van der Waals surface area (Å²) >= 11 is 0. The molecule has 0 spiro atoms. The standard InChI is InChI=1S/C6H15N3O2S/c7-9-12(10,11)8-6-4-2-1-3-5-6/h6,8-9H,1-5,7H2. The largest absolute Gasteiger partial charge is 0.289 e. The molecule has 1 fully saturated rings. The second-order valence-electron chi connectivity index (χ2n) is 3.07. The topological polar surface area (TPSA) is 84.2 Å². The SMILES string of the molecule is NNS(=O)(=O)NC1CCCCC1. The van der Waals surface area contributed by atoms with Gasteiger partial charge in [-0.1, -0.05) is 19.3 Å². The molecule has 0 bridgehead atoms. The summed E-state index contributed by atoms with van der Waals surface area (Å²) in [6, 6.07) is 0.0693. The molecule has 0 radical (unpaired) electrons. The fourth-order valence-corrected chi connectivity index (χ4v) is 2.22. The molecule has 1 rings (SSSR count). The van der Waals surface area contributed by atoms with Gasteiger partial charge in [0.15, 0.2) is 0 Å². The van der Waals surface area contributed by atoms with Crippen LogP contribution in [0.3, 0.4) is 0 Å². The third-order valence-electron chi connectivity index (χ3n) is 2.08. The fraction of sp³-hybridized carbons (Fsp3) is 1.00. The minimum atomic E-state index is -3.44. The van der Waals surface area contributed by atoms with Gasteiger partial charge in [-0.2, -0.15) is 13.1 Å². The summed E-state index contributed by atoms with van der Waals surface area (Å²) in [5.74, 6) is 4.82. The van der Waals surface area contributed by atoms with Crippen LogP contribution in [0.2, 0.25) is 0 Å². The minimum absolute atomic E-state index is 0.0693. The summed E-state index contributed by atoms with van der Waals surface area (Å²) in [6.45, 7) is 0. The second-order valence-corrected chi connectivity index (χ2v) is 4.55. The van der Waals surface area contributed by atoms with Gasteiger partial charge in [-0.3, -0.25) is 5.84 Å². The van der Waals surface area contributed by atoms with Crippen molar-refractivity contribution in [3.05, 3.63) is 0 Å². The highest BCUT2D eigenvalue weighted by molar-refractivity contribution is 7.87. The molecule has 0 unspecified atom stereocenters. The number of hydrazine groups is 1. The molecule has 5 nitrogen and oxygen atoms in total. The predicted octanol–water partition coefficient (Wildman–Crippen LogP) is -0.383. The van der Waals surface area contributed by atoms with Gasteiger partial charge in [0.25, 0.3) is 10.2 Å². The molecule has 12 heavy (non-hydrogen) atoms. The number of hydrogen-bond donors (Lipinski definition) is 3. The van der Waals surface area contributed by atoms with Gasteiger partial charge in [-0.25, -0.2) is 0 Å². The summed E-state index contributed by atoms with van der Waals surface area (Å²) in [6.07, 6.45) is 5.23. The molecule has 4 N–H and O–H groups in total. The lowest BCUT2D eigenvalue weighted by atomic mass is 9.96. The highest BCUT2D eigenvalue weighted by Gasteiger charge is 2.18. The van der Waals surface area contributed by atoms with Crippen LogP contribution in [0.1, 0.15) is 32.1 Å². The Morgan fingerprint density at radius 3 is 2.25 bits per heavy atom. The molecule has 1 aliphatic carbocycles. The van der Waals surface area contributed by atoms with E-state index in [1.807, 2.05) is 0 Å². The maximum atomic E-state index is 10.9. The first-order chi connectivity index (χ1) is 5.64. The van der Waals surface area contributed by atoms with Crippen molar-refractivity contribution in [2.75, 3.05) is 0 Å². The van der Waals surface area contributed by atoms with E-state index >= 15 is 0 Å². The Labute approximate surface area is 72.9 Å². The molecular weight excluding hydrogens is 178 g/mol. The molecule has 0 aromatic carbocycles. The zero-order valence-electron chi connectivity index (χ0n) is 6.91. The van der Waals surface area contributed by atoms with E-state index in [1.165, 1.54) is 6.42 Å². The summed E-state index contributed by atoms with van der Waals surface area (Å²) in [5.41, 5.74) is 0. The molecule has 0 aromatic rings. The van der Waals surface area contributed by atoms with Gasteiger partial charge >= 0.3 is 0 Å². The molecule has 0 aromatic heterocycles. The molecule has 6 heteroatoms. The van der Waals surface area contributed by atoms with Gasteiger partial charge in [-0.15, -0.1) is 4.83 Å². The highest BCUT2D eigenvalue weighted by Crippen LogP contribution is 2.17. The molecule has 1 saturated carbocycles. The molecule has 0 amide bonds. The van der Waals surface area contributed by atoms with Crippen molar-refractivity contribution in [1.29, 1.82) is 0 Å². The van der Waals surface area contributed by atoms with Crippen molar-refractivity contribution in [2.45, 2.75) is 38.1 Å². The van der Waals surface area contributed by atoms with Crippen LogP contribution in [0.5, 0.6) is 0 Å². The summed E-state index contributed by atoms with van der Waals surface area (Å²) < 4.78 is 24.3. The van der Waals surface area contributed by atoms with E-state index < -0.39 is 10.2 Å². The molecule has 0 atom stereocenters. The number of nitrogens with two attached hydrogens (primary N) is 1. The first kappa shape index (κ1) is 9.91. The van der Waals surface area contributed by atoms with E-state index in [-0.39, 0.29) is 6.04 Å². The Hall–Kier alpha value is -0.170. The van der Waals surface area contributed by atoms with Crippen LogP contribution in [-0.2, 0) is 10.2 Å².